The molecule has 1 aromatic carbocycles. The minimum Gasteiger partial charge on any atom is -0.476 e. The lowest BCUT2D eigenvalue weighted by Gasteiger charge is -2.08. The number of rotatable bonds is 4. The second kappa shape index (κ2) is 5.27. The van der Waals surface area contributed by atoms with Crippen LogP contribution in [-0.2, 0) is 6.54 Å². The molecule has 1 aromatic heterocycles. The molecule has 0 bridgehead atoms. The fraction of sp³-hybridized carbons (Fsp3) is 0.182. The summed E-state index contributed by atoms with van der Waals surface area (Å²) in [5.41, 5.74) is -2.45. The highest BCUT2D eigenvalue weighted by Crippen LogP contribution is 2.23. The van der Waals surface area contributed by atoms with Crippen molar-refractivity contribution in [3.05, 3.63) is 46.8 Å². The monoisotopic (exact) mass is 289 g/mol. The van der Waals surface area contributed by atoms with Gasteiger partial charge in [0.15, 0.2) is 5.69 Å². The van der Waals surface area contributed by atoms with Gasteiger partial charge in [-0.1, -0.05) is 11.3 Å². The molecule has 5 nitrogen and oxygen atoms in total. The maximum Gasteiger partial charge on any atom is 0.358 e. The van der Waals surface area contributed by atoms with Crippen LogP contribution >= 0.6 is 0 Å². The van der Waals surface area contributed by atoms with Crippen LogP contribution in [0.5, 0.6) is 0 Å². The number of carboxylic acids is 1. The van der Waals surface area contributed by atoms with Gasteiger partial charge in [-0.2, -0.15) is 0 Å². The summed E-state index contributed by atoms with van der Waals surface area (Å²) in [4.78, 5) is 10.7. The fourth-order valence-electron chi connectivity index (χ4n) is 1.64. The number of halogens is 4. The van der Waals surface area contributed by atoms with Gasteiger partial charge >= 0.3 is 5.97 Å². The third-order valence-corrected chi connectivity index (χ3v) is 2.55. The molecule has 0 saturated heterocycles. The first-order valence-corrected chi connectivity index (χ1v) is 5.29. The normalized spacial score (nSPS) is 11.1. The van der Waals surface area contributed by atoms with Crippen LogP contribution in [0.1, 0.15) is 28.2 Å². The lowest BCUT2D eigenvalue weighted by Crippen LogP contribution is -2.12. The average Bonchev–Trinajstić information content (AvgIpc) is 2.78. The summed E-state index contributed by atoms with van der Waals surface area (Å²) in [5, 5.41) is 15.0. The van der Waals surface area contributed by atoms with Crippen molar-refractivity contribution in [2.75, 3.05) is 0 Å². The Bertz CT molecular complexity index is 637. The number of benzene rings is 1. The van der Waals surface area contributed by atoms with Crippen molar-refractivity contribution < 1.29 is 27.5 Å². The van der Waals surface area contributed by atoms with Gasteiger partial charge in [0.2, 0.25) is 0 Å². The first-order chi connectivity index (χ1) is 9.41. The zero-order chi connectivity index (χ0) is 14.9. The third kappa shape index (κ3) is 2.46. The number of aromatic nitrogens is 3. The van der Waals surface area contributed by atoms with Crippen molar-refractivity contribution in [3.8, 4) is 0 Å². The van der Waals surface area contributed by atoms with E-state index in [9.17, 15) is 22.4 Å². The standard InChI is InChI=1S/C11H7F4N3O2/c12-6-2-1-3-7(13)5(6)4-18-9(10(14)15)8(11(19)20)16-17-18/h1-3,10H,4H2,(H,19,20). The molecule has 0 spiro atoms. The maximum absolute atomic E-state index is 13.4. The first kappa shape index (κ1) is 14.0. The lowest BCUT2D eigenvalue weighted by atomic mass is 10.2. The van der Waals surface area contributed by atoms with Gasteiger partial charge in [0.05, 0.1) is 6.54 Å². The van der Waals surface area contributed by atoms with Crippen LogP contribution < -0.4 is 0 Å². The van der Waals surface area contributed by atoms with Crippen molar-refractivity contribution in [2.45, 2.75) is 13.0 Å². The molecular weight excluding hydrogens is 282 g/mol. The van der Waals surface area contributed by atoms with Crippen LogP contribution in [-0.4, -0.2) is 26.1 Å². The Morgan fingerprint density at radius 2 is 1.90 bits per heavy atom. The quantitative estimate of drug-likeness (QED) is 0.876. The van der Waals surface area contributed by atoms with Crippen molar-refractivity contribution in [3.63, 3.8) is 0 Å². The summed E-state index contributed by atoms with van der Waals surface area (Å²) in [6.45, 7) is -0.682. The number of alkyl halides is 2. The second-order valence-corrected chi connectivity index (χ2v) is 3.79. The van der Waals surface area contributed by atoms with Crippen molar-refractivity contribution in [2.24, 2.45) is 0 Å². The molecule has 9 heteroatoms. The molecule has 0 fully saturated rings. The molecule has 0 radical (unpaired) electrons. The minimum absolute atomic E-state index is 0.468. The van der Waals surface area contributed by atoms with Crippen LogP contribution in [0.2, 0.25) is 0 Å². The molecule has 2 rings (SSSR count). The van der Waals surface area contributed by atoms with Gasteiger partial charge in [0.1, 0.15) is 17.3 Å². The molecule has 0 aliphatic heterocycles. The Balaban J connectivity index is 2.47. The van der Waals surface area contributed by atoms with Gasteiger partial charge in [-0.25, -0.2) is 27.0 Å². The molecule has 20 heavy (non-hydrogen) atoms. The van der Waals surface area contributed by atoms with E-state index in [4.69, 9.17) is 5.11 Å². The summed E-state index contributed by atoms with van der Waals surface area (Å²) >= 11 is 0. The van der Waals surface area contributed by atoms with Gasteiger partial charge < -0.3 is 5.11 Å². The second-order valence-electron chi connectivity index (χ2n) is 3.79. The molecule has 0 saturated carbocycles. The van der Waals surface area contributed by atoms with E-state index in [0.29, 0.717) is 4.68 Å². The molecule has 0 atom stereocenters. The summed E-state index contributed by atoms with van der Waals surface area (Å²) in [5.74, 6) is -3.59. The summed E-state index contributed by atoms with van der Waals surface area (Å²) in [6, 6.07) is 3.03. The zero-order valence-electron chi connectivity index (χ0n) is 9.73. The molecule has 0 aliphatic carbocycles. The van der Waals surface area contributed by atoms with E-state index in [1.165, 1.54) is 0 Å². The van der Waals surface area contributed by atoms with E-state index in [1.807, 2.05) is 0 Å². The van der Waals surface area contributed by atoms with E-state index >= 15 is 0 Å². The van der Waals surface area contributed by atoms with Crippen molar-refractivity contribution in [1.82, 2.24) is 15.0 Å². The third-order valence-electron chi connectivity index (χ3n) is 2.55. The van der Waals surface area contributed by atoms with E-state index in [2.05, 4.69) is 10.3 Å². The smallest absolute Gasteiger partial charge is 0.358 e. The lowest BCUT2D eigenvalue weighted by molar-refractivity contribution is 0.0675. The highest BCUT2D eigenvalue weighted by molar-refractivity contribution is 5.86. The Morgan fingerprint density at radius 3 is 2.40 bits per heavy atom. The number of carbonyl (C=O) groups is 1. The Hall–Kier alpha value is -2.45. The molecule has 0 unspecified atom stereocenters. The van der Waals surface area contributed by atoms with Crippen LogP contribution in [0.15, 0.2) is 18.2 Å². The highest BCUT2D eigenvalue weighted by Gasteiger charge is 2.27. The van der Waals surface area contributed by atoms with Gasteiger partial charge in [-0.3, -0.25) is 0 Å². The van der Waals surface area contributed by atoms with E-state index in [0.717, 1.165) is 18.2 Å². The average molecular weight is 289 g/mol. The molecule has 0 amide bonds. The minimum atomic E-state index is -3.19. The zero-order valence-corrected chi connectivity index (χ0v) is 9.73. The molecular formula is C11H7F4N3O2. The van der Waals surface area contributed by atoms with Crippen LogP contribution in [0.3, 0.4) is 0 Å². The first-order valence-electron chi connectivity index (χ1n) is 5.29. The van der Waals surface area contributed by atoms with Gasteiger partial charge in [0.25, 0.3) is 6.43 Å². The largest absolute Gasteiger partial charge is 0.476 e. The fourth-order valence-corrected chi connectivity index (χ4v) is 1.64. The van der Waals surface area contributed by atoms with Crippen LogP contribution in [0, 0.1) is 11.6 Å². The molecule has 1 N–H and O–H groups in total. The van der Waals surface area contributed by atoms with Crippen molar-refractivity contribution >= 4 is 5.97 Å². The van der Waals surface area contributed by atoms with Gasteiger partial charge in [-0.05, 0) is 12.1 Å². The number of hydrogen-bond acceptors (Lipinski definition) is 3. The molecule has 2 aromatic rings. The maximum atomic E-state index is 13.4. The molecule has 0 aliphatic rings. The summed E-state index contributed by atoms with van der Waals surface area (Å²) in [6.07, 6.45) is -3.19. The number of aromatic carboxylic acids is 1. The Kier molecular flexibility index (Phi) is 3.68. The molecule has 106 valence electrons. The number of nitrogens with zero attached hydrogens (tertiary/aromatic N) is 3. The molecule has 1 heterocycles. The van der Waals surface area contributed by atoms with Crippen LogP contribution in [0.25, 0.3) is 0 Å². The number of hydrogen-bond donors (Lipinski definition) is 1. The SMILES string of the molecule is O=C(O)c1nnn(Cc2c(F)cccc2F)c1C(F)F. The predicted octanol–water partition coefficient (Wildman–Crippen LogP) is 2.24. The van der Waals surface area contributed by atoms with Gasteiger partial charge in [-0.15, -0.1) is 5.10 Å². The summed E-state index contributed by atoms with van der Waals surface area (Å²) in [7, 11) is 0. The van der Waals surface area contributed by atoms with Crippen molar-refractivity contribution in [1.29, 1.82) is 0 Å². The van der Waals surface area contributed by atoms with E-state index in [-0.39, 0.29) is 0 Å². The predicted molar refractivity (Wildman–Crippen MR) is 57.4 cm³/mol. The Labute approximate surface area is 109 Å². The Morgan fingerprint density at radius 1 is 1.30 bits per heavy atom. The van der Waals surface area contributed by atoms with E-state index < -0.39 is 47.5 Å². The van der Waals surface area contributed by atoms with Gasteiger partial charge in [0, 0.05) is 5.56 Å². The topological polar surface area (TPSA) is 68.0 Å². The summed E-state index contributed by atoms with van der Waals surface area (Å²) < 4.78 is 53.0. The van der Waals surface area contributed by atoms with Crippen LogP contribution in [0.4, 0.5) is 17.6 Å². The van der Waals surface area contributed by atoms with E-state index in [1.54, 1.807) is 0 Å². The highest BCUT2D eigenvalue weighted by atomic mass is 19.3. The number of carboxylic acid groups (broad SMARTS) is 1.